The summed E-state index contributed by atoms with van der Waals surface area (Å²) in [5, 5.41) is 31.5. The fourth-order valence-electron chi connectivity index (χ4n) is 5.52. The molecule has 238 valence electrons. The number of tetrazole rings is 1. The summed E-state index contributed by atoms with van der Waals surface area (Å²) in [6.45, 7) is 6.42. The van der Waals surface area contributed by atoms with Crippen molar-refractivity contribution in [2.75, 3.05) is 65.0 Å². The Labute approximate surface area is 265 Å². The van der Waals surface area contributed by atoms with Crippen molar-refractivity contribution in [3.05, 3.63) is 59.9 Å². The van der Waals surface area contributed by atoms with Crippen molar-refractivity contribution in [2.45, 2.75) is 45.6 Å². The van der Waals surface area contributed by atoms with Gasteiger partial charge >= 0.3 is 0 Å². The predicted octanol–water partition coefficient (Wildman–Crippen LogP) is 4.79. The smallest absolute Gasteiger partial charge is 0.205 e. The molecular weight excluding hydrogens is 564 g/mol. The van der Waals surface area contributed by atoms with Crippen LogP contribution in [0.3, 0.4) is 0 Å². The van der Waals surface area contributed by atoms with Crippen LogP contribution in [0.1, 0.15) is 44.0 Å². The van der Waals surface area contributed by atoms with Crippen LogP contribution in [0.25, 0.3) is 33.5 Å². The molecule has 0 saturated heterocycles. The number of rotatable bonds is 17. The third kappa shape index (κ3) is 8.00. The van der Waals surface area contributed by atoms with Gasteiger partial charge < -0.3 is 25.0 Å². The van der Waals surface area contributed by atoms with Crippen LogP contribution in [0.2, 0.25) is 0 Å². The summed E-state index contributed by atoms with van der Waals surface area (Å²) in [5.74, 6) is 3.11. The standard InChI is InChI=1S/C33H46N12/c1-6-7-18-28-36-29-30(33(35-20-13-22-44(4)5)38-37-32(29)34-19-12-21-43(2)3)45(28)23-24-14-8-9-15-25(24)26-16-10-11-17-27(26)31-39-41-42-40-31/h8-11,14-17H,6-7,12-13,18-23H2,1-5H3,(H,34,37)(H,35,38)(H,39,40,41,42). The van der Waals surface area contributed by atoms with Crippen LogP contribution in [-0.4, -0.2) is 105 Å². The maximum atomic E-state index is 5.24. The van der Waals surface area contributed by atoms with Gasteiger partial charge in [-0.05, 0) is 82.4 Å². The highest BCUT2D eigenvalue weighted by atomic mass is 15.5. The average Bonchev–Trinajstić information content (AvgIpc) is 3.70. The Hall–Kier alpha value is -4.42. The summed E-state index contributed by atoms with van der Waals surface area (Å²) < 4.78 is 2.34. The number of anilines is 2. The highest BCUT2D eigenvalue weighted by Crippen LogP contribution is 2.34. The number of imidazole rings is 1. The molecular formula is C33H46N12. The predicted molar refractivity (Wildman–Crippen MR) is 181 cm³/mol. The zero-order valence-corrected chi connectivity index (χ0v) is 27.2. The lowest BCUT2D eigenvalue weighted by Gasteiger charge is -2.17. The normalized spacial score (nSPS) is 11.6. The molecule has 3 aromatic heterocycles. The first-order chi connectivity index (χ1) is 22.0. The number of aryl methyl sites for hydroxylation is 1. The lowest BCUT2D eigenvalue weighted by molar-refractivity contribution is 0.405. The summed E-state index contributed by atoms with van der Waals surface area (Å²) in [7, 11) is 8.38. The lowest BCUT2D eigenvalue weighted by Crippen LogP contribution is -2.18. The second-order valence-electron chi connectivity index (χ2n) is 11.9. The topological polar surface area (TPSA) is 129 Å². The number of nitrogens with one attached hydrogen (secondary N) is 3. The van der Waals surface area contributed by atoms with Crippen LogP contribution >= 0.6 is 0 Å². The second kappa shape index (κ2) is 15.5. The van der Waals surface area contributed by atoms with Crippen molar-refractivity contribution in [3.8, 4) is 22.5 Å². The first kappa shape index (κ1) is 32.0. The van der Waals surface area contributed by atoms with Gasteiger partial charge in [0.2, 0.25) is 5.82 Å². The molecule has 3 N–H and O–H groups in total. The van der Waals surface area contributed by atoms with Gasteiger partial charge in [-0.2, -0.15) is 5.21 Å². The molecule has 0 fully saturated rings. The minimum atomic E-state index is 0.571. The van der Waals surface area contributed by atoms with E-state index in [9.17, 15) is 0 Å². The molecule has 0 unspecified atom stereocenters. The number of benzene rings is 2. The molecule has 0 aliphatic rings. The van der Waals surface area contributed by atoms with E-state index in [0.29, 0.717) is 12.4 Å². The van der Waals surface area contributed by atoms with Gasteiger partial charge in [0.25, 0.3) is 0 Å². The van der Waals surface area contributed by atoms with E-state index < -0.39 is 0 Å². The SMILES string of the molecule is CCCCc1nc2c(NCCCN(C)C)nnc(NCCCN(C)C)c2n1Cc1ccccc1-c1ccccc1-c1nn[nH]n1. The van der Waals surface area contributed by atoms with E-state index in [1.54, 1.807) is 0 Å². The summed E-state index contributed by atoms with van der Waals surface area (Å²) in [5.41, 5.74) is 6.11. The molecule has 0 atom stereocenters. The number of hydrogen-bond acceptors (Lipinski definition) is 10. The molecule has 45 heavy (non-hydrogen) atoms. The van der Waals surface area contributed by atoms with Crippen LogP contribution in [0.5, 0.6) is 0 Å². The highest BCUT2D eigenvalue weighted by molar-refractivity contribution is 5.94. The van der Waals surface area contributed by atoms with Crippen molar-refractivity contribution < 1.29 is 0 Å². The Morgan fingerprint density at radius 3 is 2.07 bits per heavy atom. The number of nitrogens with zero attached hydrogens (tertiary/aromatic N) is 9. The van der Waals surface area contributed by atoms with E-state index in [4.69, 9.17) is 10.1 Å². The number of unbranched alkanes of at least 4 members (excludes halogenated alkanes) is 1. The summed E-state index contributed by atoms with van der Waals surface area (Å²) >= 11 is 0. The van der Waals surface area contributed by atoms with E-state index >= 15 is 0 Å². The monoisotopic (exact) mass is 610 g/mol. The van der Waals surface area contributed by atoms with E-state index in [2.05, 4.69) is 122 Å². The van der Waals surface area contributed by atoms with Gasteiger partial charge in [-0.3, -0.25) is 0 Å². The quantitative estimate of drug-likeness (QED) is 0.126. The molecule has 5 aromatic rings. The first-order valence-electron chi connectivity index (χ1n) is 15.9. The molecule has 0 amide bonds. The van der Waals surface area contributed by atoms with Gasteiger partial charge in [0, 0.05) is 25.1 Å². The van der Waals surface area contributed by atoms with Crippen molar-refractivity contribution in [1.29, 1.82) is 0 Å². The maximum absolute atomic E-state index is 5.24. The number of aromatic amines is 1. The second-order valence-corrected chi connectivity index (χ2v) is 11.9. The third-order valence-electron chi connectivity index (χ3n) is 7.80. The fraction of sp³-hybridized carbons (Fsp3) is 0.455. The van der Waals surface area contributed by atoms with E-state index in [1.807, 2.05) is 12.1 Å². The molecule has 12 nitrogen and oxygen atoms in total. The van der Waals surface area contributed by atoms with Crippen LogP contribution < -0.4 is 10.6 Å². The molecule has 0 radical (unpaired) electrons. The largest absolute Gasteiger partial charge is 0.367 e. The molecule has 0 spiro atoms. The summed E-state index contributed by atoms with van der Waals surface area (Å²) in [4.78, 5) is 9.63. The third-order valence-corrected chi connectivity index (χ3v) is 7.80. The summed E-state index contributed by atoms with van der Waals surface area (Å²) in [6, 6.07) is 16.7. The van der Waals surface area contributed by atoms with Gasteiger partial charge in [0.05, 0.1) is 6.54 Å². The van der Waals surface area contributed by atoms with Crippen molar-refractivity contribution in [2.24, 2.45) is 0 Å². The average molecular weight is 611 g/mol. The first-order valence-corrected chi connectivity index (χ1v) is 15.9. The Balaban J connectivity index is 1.59. The zero-order chi connectivity index (χ0) is 31.6. The van der Waals surface area contributed by atoms with Gasteiger partial charge in [0.1, 0.15) is 16.9 Å². The van der Waals surface area contributed by atoms with Gasteiger partial charge in [-0.25, -0.2) is 4.98 Å². The Morgan fingerprint density at radius 1 is 0.756 bits per heavy atom. The van der Waals surface area contributed by atoms with Crippen LogP contribution in [-0.2, 0) is 13.0 Å². The van der Waals surface area contributed by atoms with Gasteiger partial charge in [0.15, 0.2) is 11.6 Å². The van der Waals surface area contributed by atoms with Crippen LogP contribution in [0.15, 0.2) is 48.5 Å². The molecule has 0 aliphatic carbocycles. The molecule has 3 heterocycles. The highest BCUT2D eigenvalue weighted by Gasteiger charge is 2.22. The van der Waals surface area contributed by atoms with E-state index in [0.717, 1.165) is 103 Å². The minimum Gasteiger partial charge on any atom is -0.367 e. The van der Waals surface area contributed by atoms with Crippen LogP contribution in [0.4, 0.5) is 11.6 Å². The molecule has 0 bridgehead atoms. The minimum absolute atomic E-state index is 0.571. The maximum Gasteiger partial charge on any atom is 0.205 e. The van der Waals surface area contributed by atoms with E-state index in [1.165, 1.54) is 5.56 Å². The molecule has 5 rings (SSSR count). The van der Waals surface area contributed by atoms with Crippen molar-refractivity contribution in [1.82, 2.24) is 50.2 Å². The van der Waals surface area contributed by atoms with Gasteiger partial charge in [-0.15, -0.1) is 20.4 Å². The molecule has 12 heteroatoms. The molecule has 0 saturated carbocycles. The Bertz CT molecular complexity index is 1640. The number of H-pyrrole nitrogens is 1. The van der Waals surface area contributed by atoms with E-state index in [-0.39, 0.29) is 0 Å². The zero-order valence-electron chi connectivity index (χ0n) is 27.2. The molecule has 0 aliphatic heterocycles. The Morgan fingerprint density at radius 2 is 1.40 bits per heavy atom. The number of aromatic nitrogens is 8. The number of hydrogen-bond donors (Lipinski definition) is 3. The van der Waals surface area contributed by atoms with Crippen molar-refractivity contribution >= 4 is 22.7 Å². The van der Waals surface area contributed by atoms with Gasteiger partial charge in [-0.1, -0.05) is 61.9 Å². The van der Waals surface area contributed by atoms with Crippen molar-refractivity contribution in [3.63, 3.8) is 0 Å². The summed E-state index contributed by atoms with van der Waals surface area (Å²) in [6.07, 6.45) is 4.99. The Kier molecular flexibility index (Phi) is 11.0. The fourth-order valence-corrected chi connectivity index (χ4v) is 5.52. The number of fused-ring (bicyclic) bond motifs is 1. The molecule has 2 aromatic carbocycles. The lowest BCUT2D eigenvalue weighted by atomic mass is 9.95. The van der Waals surface area contributed by atoms with Crippen LogP contribution in [0, 0.1) is 0 Å².